The molecule has 1 amide bonds. The molecule has 0 fully saturated rings. The van der Waals surface area contributed by atoms with Crippen molar-refractivity contribution in [1.29, 1.82) is 0 Å². The minimum Gasteiger partial charge on any atom is -0.481 e. The monoisotopic (exact) mass is 367 g/mol. The fourth-order valence-electron chi connectivity index (χ4n) is 3.22. The Morgan fingerprint density at radius 3 is 2.67 bits per heavy atom. The van der Waals surface area contributed by atoms with E-state index in [4.69, 9.17) is 9.47 Å². The van der Waals surface area contributed by atoms with E-state index in [0.29, 0.717) is 17.6 Å². The van der Waals surface area contributed by atoms with E-state index < -0.39 is 12.1 Å². The lowest BCUT2D eigenvalue weighted by molar-refractivity contribution is -0.155. The highest BCUT2D eigenvalue weighted by Gasteiger charge is 2.34. The number of ether oxygens (including phenoxy) is 2. The van der Waals surface area contributed by atoms with E-state index in [1.807, 2.05) is 31.2 Å². The summed E-state index contributed by atoms with van der Waals surface area (Å²) in [5.74, 6) is -0.642. The summed E-state index contributed by atoms with van der Waals surface area (Å²) in [4.78, 5) is 37.5. The fraction of sp³-hybridized carbons (Fsp3) is 0.286. The summed E-state index contributed by atoms with van der Waals surface area (Å²) < 4.78 is 10.6. The number of benzene rings is 2. The number of para-hydroxylation sites is 2. The van der Waals surface area contributed by atoms with Crippen LogP contribution in [0.4, 0.5) is 5.69 Å². The molecule has 2 aromatic rings. The van der Waals surface area contributed by atoms with Gasteiger partial charge in [-0.25, -0.2) is 4.79 Å². The van der Waals surface area contributed by atoms with Gasteiger partial charge in [-0.15, -0.1) is 0 Å². The Morgan fingerprint density at radius 1 is 1.19 bits per heavy atom. The second-order valence-electron chi connectivity index (χ2n) is 6.47. The first-order chi connectivity index (χ1) is 13.0. The van der Waals surface area contributed by atoms with Crippen LogP contribution in [0.1, 0.15) is 29.8 Å². The van der Waals surface area contributed by atoms with Crippen molar-refractivity contribution in [3.63, 3.8) is 0 Å². The molecule has 0 saturated carbocycles. The highest BCUT2D eigenvalue weighted by Crippen LogP contribution is 2.32. The SMILES string of the molecule is C[C@H](OC(=O)COc1ccccc1C=O)C(=O)N1c2ccccc2C[C@@H]1C. The maximum atomic E-state index is 12.8. The van der Waals surface area contributed by atoms with Crippen LogP contribution in [0.2, 0.25) is 0 Å². The van der Waals surface area contributed by atoms with Gasteiger partial charge in [0.1, 0.15) is 5.75 Å². The summed E-state index contributed by atoms with van der Waals surface area (Å²) in [5.41, 5.74) is 2.30. The summed E-state index contributed by atoms with van der Waals surface area (Å²) in [6, 6.07) is 14.3. The number of hydrogen-bond acceptors (Lipinski definition) is 5. The van der Waals surface area contributed by atoms with E-state index >= 15 is 0 Å². The fourth-order valence-corrected chi connectivity index (χ4v) is 3.22. The number of aldehydes is 1. The number of hydrogen-bond donors (Lipinski definition) is 0. The molecular formula is C21H21NO5. The molecule has 1 aliphatic heterocycles. The molecule has 1 heterocycles. The number of carbonyl (C=O) groups is 3. The lowest BCUT2D eigenvalue weighted by atomic mass is 10.1. The predicted octanol–water partition coefficient (Wildman–Crippen LogP) is 2.79. The molecule has 0 radical (unpaired) electrons. The zero-order valence-electron chi connectivity index (χ0n) is 15.3. The molecule has 0 aliphatic carbocycles. The van der Waals surface area contributed by atoms with Gasteiger partial charge in [-0.2, -0.15) is 0 Å². The quantitative estimate of drug-likeness (QED) is 0.580. The molecule has 2 aromatic carbocycles. The summed E-state index contributed by atoms with van der Waals surface area (Å²) in [6.07, 6.45) is 0.490. The Hall–Kier alpha value is -3.15. The summed E-state index contributed by atoms with van der Waals surface area (Å²) >= 11 is 0. The van der Waals surface area contributed by atoms with Gasteiger partial charge in [-0.3, -0.25) is 9.59 Å². The molecule has 0 saturated heterocycles. The minimum absolute atomic E-state index is 0.00627. The lowest BCUT2D eigenvalue weighted by Gasteiger charge is -2.25. The van der Waals surface area contributed by atoms with Crippen LogP contribution in [-0.4, -0.2) is 36.9 Å². The number of esters is 1. The highest BCUT2D eigenvalue weighted by atomic mass is 16.6. The van der Waals surface area contributed by atoms with Gasteiger partial charge in [0, 0.05) is 11.7 Å². The third kappa shape index (κ3) is 4.00. The number of amides is 1. The van der Waals surface area contributed by atoms with Gasteiger partial charge < -0.3 is 14.4 Å². The largest absolute Gasteiger partial charge is 0.481 e. The van der Waals surface area contributed by atoms with Crippen LogP contribution in [0.25, 0.3) is 0 Å². The molecule has 0 N–H and O–H groups in total. The highest BCUT2D eigenvalue weighted by molar-refractivity contribution is 5.99. The Balaban J connectivity index is 1.60. The Kier molecular flexibility index (Phi) is 5.54. The standard InChI is InChI=1S/C21H21NO5/c1-14-11-16-7-3-5-9-18(16)22(14)21(25)15(2)27-20(24)13-26-19-10-6-4-8-17(19)12-23/h3-10,12,14-15H,11,13H2,1-2H3/t14-,15-/m0/s1. The number of nitrogens with zero attached hydrogens (tertiary/aromatic N) is 1. The Morgan fingerprint density at radius 2 is 1.89 bits per heavy atom. The van der Waals surface area contributed by atoms with Crippen molar-refractivity contribution < 1.29 is 23.9 Å². The second kappa shape index (κ2) is 8.03. The molecule has 0 aromatic heterocycles. The average Bonchev–Trinajstić information content (AvgIpc) is 3.01. The van der Waals surface area contributed by atoms with E-state index in [1.165, 1.54) is 0 Å². The zero-order chi connectivity index (χ0) is 19.4. The van der Waals surface area contributed by atoms with Crippen molar-refractivity contribution in [3.05, 3.63) is 59.7 Å². The van der Waals surface area contributed by atoms with E-state index in [0.717, 1.165) is 17.7 Å². The van der Waals surface area contributed by atoms with Gasteiger partial charge in [0.05, 0.1) is 5.56 Å². The Labute approximate surface area is 157 Å². The maximum absolute atomic E-state index is 12.8. The van der Waals surface area contributed by atoms with Gasteiger partial charge in [0.15, 0.2) is 19.0 Å². The summed E-state index contributed by atoms with van der Waals surface area (Å²) in [5, 5.41) is 0. The van der Waals surface area contributed by atoms with Crippen molar-refractivity contribution >= 4 is 23.9 Å². The van der Waals surface area contributed by atoms with Crippen molar-refractivity contribution in [2.75, 3.05) is 11.5 Å². The van der Waals surface area contributed by atoms with Gasteiger partial charge in [-0.05, 0) is 44.0 Å². The summed E-state index contributed by atoms with van der Waals surface area (Å²) in [6.45, 7) is 3.13. The van der Waals surface area contributed by atoms with E-state index in [1.54, 1.807) is 36.1 Å². The van der Waals surface area contributed by atoms with Crippen molar-refractivity contribution in [1.82, 2.24) is 0 Å². The van der Waals surface area contributed by atoms with Gasteiger partial charge in [-0.1, -0.05) is 30.3 Å². The first-order valence-electron chi connectivity index (χ1n) is 8.78. The third-order valence-electron chi connectivity index (χ3n) is 4.49. The van der Waals surface area contributed by atoms with Gasteiger partial charge in [0.25, 0.3) is 5.91 Å². The first kappa shape index (κ1) is 18.6. The average molecular weight is 367 g/mol. The molecule has 140 valence electrons. The number of carbonyl (C=O) groups excluding carboxylic acids is 3. The van der Waals surface area contributed by atoms with Crippen molar-refractivity contribution in [2.45, 2.75) is 32.4 Å². The molecule has 27 heavy (non-hydrogen) atoms. The molecule has 6 heteroatoms. The van der Waals surface area contributed by atoms with E-state index in [-0.39, 0.29) is 18.6 Å². The lowest BCUT2D eigenvalue weighted by Crippen LogP contribution is -2.43. The van der Waals surface area contributed by atoms with Crippen LogP contribution in [0, 0.1) is 0 Å². The first-order valence-corrected chi connectivity index (χ1v) is 8.78. The van der Waals surface area contributed by atoms with Crippen molar-refractivity contribution in [2.24, 2.45) is 0 Å². The van der Waals surface area contributed by atoms with E-state index in [9.17, 15) is 14.4 Å². The van der Waals surface area contributed by atoms with Crippen LogP contribution >= 0.6 is 0 Å². The molecule has 1 aliphatic rings. The van der Waals surface area contributed by atoms with Gasteiger partial charge in [0.2, 0.25) is 0 Å². The maximum Gasteiger partial charge on any atom is 0.344 e. The zero-order valence-corrected chi connectivity index (χ0v) is 15.3. The van der Waals surface area contributed by atoms with Crippen LogP contribution in [0.3, 0.4) is 0 Å². The summed E-state index contributed by atoms with van der Waals surface area (Å²) in [7, 11) is 0. The molecule has 2 atom stereocenters. The number of rotatable bonds is 6. The molecule has 0 unspecified atom stereocenters. The molecule has 0 spiro atoms. The molecule has 0 bridgehead atoms. The van der Waals surface area contributed by atoms with E-state index in [2.05, 4.69) is 0 Å². The topological polar surface area (TPSA) is 72.9 Å². The van der Waals surface area contributed by atoms with Crippen LogP contribution in [-0.2, 0) is 20.7 Å². The van der Waals surface area contributed by atoms with Crippen LogP contribution in [0.15, 0.2) is 48.5 Å². The van der Waals surface area contributed by atoms with Crippen LogP contribution < -0.4 is 9.64 Å². The molecule has 3 rings (SSSR count). The van der Waals surface area contributed by atoms with Gasteiger partial charge >= 0.3 is 5.97 Å². The van der Waals surface area contributed by atoms with Crippen molar-refractivity contribution in [3.8, 4) is 5.75 Å². The molecular weight excluding hydrogens is 346 g/mol. The normalized spacial score (nSPS) is 16.4. The smallest absolute Gasteiger partial charge is 0.344 e. The molecule has 6 nitrogen and oxygen atoms in total. The third-order valence-corrected chi connectivity index (χ3v) is 4.49. The van der Waals surface area contributed by atoms with Crippen LogP contribution in [0.5, 0.6) is 5.75 Å². The predicted molar refractivity (Wildman–Crippen MR) is 100.0 cm³/mol. The number of anilines is 1. The minimum atomic E-state index is -0.934. The second-order valence-corrected chi connectivity index (χ2v) is 6.47. The number of fused-ring (bicyclic) bond motifs is 1. The Bertz CT molecular complexity index is 863.